The molecule has 0 aromatic heterocycles. The number of carbonyl (C=O) groups is 1. The van der Waals surface area contributed by atoms with Gasteiger partial charge in [-0.15, -0.1) is 0 Å². The number of halogens is 1. The molecule has 9 heteroatoms. The zero-order valence-corrected chi connectivity index (χ0v) is 18.9. The molecule has 0 radical (unpaired) electrons. The molecule has 0 aliphatic carbocycles. The molecule has 2 aliphatic heterocycles. The number of rotatable bonds is 6. The Bertz CT molecular complexity index is 1040. The van der Waals surface area contributed by atoms with Crippen LogP contribution in [0.1, 0.15) is 12.5 Å². The Labute approximate surface area is 188 Å². The Morgan fingerprint density at radius 2 is 1.66 bits per heavy atom. The molecule has 2 aromatic rings. The van der Waals surface area contributed by atoms with Crippen LogP contribution >= 0.6 is 0 Å². The fraction of sp³-hybridized carbons (Fsp3) is 0.435. The van der Waals surface area contributed by atoms with Gasteiger partial charge in [0, 0.05) is 52.7 Å². The number of hydrogen-bond acceptors (Lipinski definition) is 6. The molecule has 2 atom stereocenters. The average Bonchev–Trinajstić information content (AvgIpc) is 3.16. The van der Waals surface area contributed by atoms with Crippen molar-refractivity contribution in [2.75, 3.05) is 39.3 Å². The van der Waals surface area contributed by atoms with E-state index >= 15 is 0 Å². The predicted octanol–water partition coefficient (Wildman–Crippen LogP) is 1.95. The maximum absolute atomic E-state index is 14.1. The van der Waals surface area contributed by atoms with Crippen molar-refractivity contribution in [2.45, 2.75) is 30.5 Å². The van der Waals surface area contributed by atoms with Crippen LogP contribution in [-0.4, -0.2) is 79.9 Å². The lowest BCUT2D eigenvalue weighted by Gasteiger charge is -2.38. The van der Waals surface area contributed by atoms with E-state index < -0.39 is 15.8 Å². The highest BCUT2D eigenvalue weighted by atomic mass is 32.2. The van der Waals surface area contributed by atoms with Crippen molar-refractivity contribution in [2.24, 2.45) is 0 Å². The average molecular weight is 462 g/mol. The second kappa shape index (κ2) is 9.66. The molecule has 2 heterocycles. The van der Waals surface area contributed by atoms with E-state index in [4.69, 9.17) is 4.74 Å². The lowest BCUT2D eigenvalue weighted by Crippen LogP contribution is -2.55. The molecule has 2 aromatic carbocycles. The number of nitrogens with zero attached hydrogens (tertiary/aromatic N) is 3. The summed E-state index contributed by atoms with van der Waals surface area (Å²) in [4.78, 5) is 15.8. The minimum absolute atomic E-state index is 0.0130. The van der Waals surface area contributed by atoms with Gasteiger partial charge in [0.1, 0.15) is 16.8 Å². The number of piperazine rings is 1. The van der Waals surface area contributed by atoms with E-state index in [0.29, 0.717) is 19.6 Å². The first-order valence-corrected chi connectivity index (χ1v) is 12.2. The minimum atomic E-state index is -3.89. The first kappa shape index (κ1) is 22.8. The van der Waals surface area contributed by atoms with Crippen molar-refractivity contribution >= 4 is 16.0 Å². The summed E-state index contributed by atoms with van der Waals surface area (Å²) in [7, 11) is -3.89. The van der Waals surface area contributed by atoms with E-state index in [9.17, 15) is 17.6 Å². The van der Waals surface area contributed by atoms with E-state index in [1.165, 1.54) is 35.0 Å². The molecular formula is C23H28FN3O4S. The molecule has 0 bridgehead atoms. The lowest BCUT2D eigenvalue weighted by molar-refractivity contribution is -0.148. The van der Waals surface area contributed by atoms with Gasteiger partial charge in [0.05, 0.1) is 6.04 Å². The number of hydrogen-bond donors (Lipinski definition) is 0. The Kier molecular flexibility index (Phi) is 6.90. The van der Waals surface area contributed by atoms with Crippen molar-refractivity contribution < 1.29 is 22.3 Å². The van der Waals surface area contributed by atoms with Gasteiger partial charge in [0.15, 0.2) is 0 Å². The van der Waals surface area contributed by atoms with E-state index in [2.05, 4.69) is 21.9 Å². The third-order valence-corrected chi connectivity index (χ3v) is 8.01. The van der Waals surface area contributed by atoms with Crippen LogP contribution in [0.2, 0.25) is 0 Å². The molecule has 172 valence electrons. The SMILES string of the molecule is CC(=O)O[C@@H]1CN(Cc2ccccc2)C[C@H]1N1CCN(S(=O)(=O)c2ccccc2F)CC1. The van der Waals surface area contributed by atoms with Gasteiger partial charge in [-0.3, -0.25) is 14.6 Å². The molecule has 32 heavy (non-hydrogen) atoms. The van der Waals surface area contributed by atoms with E-state index in [0.717, 1.165) is 19.2 Å². The molecule has 2 saturated heterocycles. The summed E-state index contributed by atoms with van der Waals surface area (Å²) in [5.41, 5.74) is 1.19. The first-order chi connectivity index (χ1) is 15.3. The zero-order valence-electron chi connectivity index (χ0n) is 18.1. The number of sulfonamides is 1. The summed E-state index contributed by atoms with van der Waals surface area (Å²) < 4.78 is 46.8. The summed E-state index contributed by atoms with van der Waals surface area (Å²) in [5, 5.41) is 0. The zero-order chi connectivity index (χ0) is 22.7. The van der Waals surface area contributed by atoms with E-state index in [1.54, 1.807) is 0 Å². The quantitative estimate of drug-likeness (QED) is 0.613. The van der Waals surface area contributed by atoms with Gasteiger partial charge >= 0.3 is 5.97 Å². The number of benzene rings is 2. The lowest BCUT2D eigenvalue weighted by atomic mass is 10.1. The third kappa shape index (κ3) is 5.01. The third-order valence-electron chi connectivity index (χ3n) is 6.08. The highest BCUT2D eigenvalue weighted by Gasteiger charge is 2.41. The van der Waals surface area contributed by atoms with Gasteiger partial charge in [0.2, 0.25) is 10.0 Å². The van der Waals surface area contributed by atoms with Crippen molar-refractivity contribution in [3.8, 4) is 0 Å². The molecule has 0 saturated carbocycles. The Morgan fingerprint density at radius 3 is 2.31 bits per heavy atom. The number of ether oxygens (including phenoxy) is 1. The topological polar surface area (TPSA) is 70.2 Å². The van der Waals surface area contributed by atoms with Crippen molar-refractivity contribution in [1.82, 2.24) is 14.1 Å². The summed E-state index contributed by atoms with van der Waals surface area (Å²) >= 11 is 0. The van der Waals surface area contributed by atoms with Crippen LogP contribution < -0.4 is 0 Å². The predicted molar refractivity (Wildman–Crippen MR) is 118 cm³/mol. The van der Waals surface area contributed by atoms with E-state index in [-0.39, 0.29) is 36.1 Å². The highest BCUT2D eigenvalue weighted by molar-refractivity contribution is 7.89. The maximum atomic E-state index is 14.1. The van der Waals surface area contributed by atoms with Gasteiger partial charge in [-0.25, -0.2) is 12.8 Å². The van der Waals surface area contributed by atoms with Gasteiger partial charge < -0.3 is 4.74 Å². The van der Waals surface area contributed by atoms with E-state index in [1.807, 2.05) is 18.2 Å². The highest BCUT2D eigenvalue weighted by Crippen LogP contribution is 2.25. The van der Waals surface area contributed by atoms with Crippen LogP contribution in [0.5, 0.6) is 0 Å². The molecule has 2 fully saturated rings. The number of carbonyl (C=O) groups excluding carboxylic acids is 1. The Hall–Kier alpha value is -2.33. The van der Waals surface area contributed by atoms with Crippen LogP contribution in [0.3, 0.4) is 0 Å². The molecule has 0 unspecified atom stereocenters. The van der Waals surface area contributed by atoms with Crippen molar-refractivity contribution in [1.29, 1.82) is 0 Å². The van der Waals surface area contributed by atoms with Crippen LogP contribution in [-0.2, 0) is 26.1 Å². The summed E-state index contributed by atoms with van der Waals surface area (Å²) in [6.45, 7) is 5.05. The monoisotopic (exact) mass is 461 g/mol. The second-order valence-electron chi connectivity index (χ2n) is 8.27. The number of esters is 1. The molecule has 2 aliphatic rings. The fourth-order valence-corrected chi connectivity index (χ4v) is 6.04. The van der Waals surface area contributed by atoms with Crippen LogP contribution in [0, 0.1) is 5.82 Å². The second-order valence-corrected chi connectivity index (χ2v) is 10.2. The van der Waals surface area contributed by atoms with Gasteiger partial charge in [-0.1, -0.05) is 42.5 Å². The normalized spacial score (nSPS) is 23.3. The Balaban J connectivity index is 1.42. The molecule has 0 spiro atoms. The first-order valence-electron chi connectivity index (χ1n) is 10.8. The molecule has 0 amide bonds. The summed E-state index contributed by atoms with van der Waals surface area (Å²) in [6.07, 6.45) is -0.272. The summed E-state index contributed by atoms with van der Waals surface area (Å²) in [6, 6.07) is 15.6. The smallest absolute Gasteiger partial charge is 0.303 e. The number of likely N-dealkylation sites (tertiary alicyclic amines) is 1. The van der Waals surface area contributed by atoms with Gasteiger partial charge in [0.25, 0.3) is 0 Å². The van der Waals surface area contributed by atoms with Crippen LogP contribution in [0.15, 0.2) is 59.5 Å². The molecule has 0 N–H and O–H groups in total. The molecule has 4 rings (SSSR count). The van der Waals surface area contributed by atoms with Gasteiger partial charge in [-0.2, -0.15) is 4.31 Å². The van der Waals surface area contributed by atoms with Gasteiger partial charge in [-0.05, 0) is 17.7 Å². The molecule has 7 nitrogen and oxygen atoms in total. The fourth-order valence-electron chi connectivity index (χ4n) is 4.55. The minimum Gasteiger partial charge on any atom is -0.459 e. The van der Waals surface area contributed by atoms with Crippen molar-refractivity contribution in [3.05, 3.63) is 66.0 Å². The summed E-state index contributed by atoms with van der Waals surface area (Å²) in [5.74, 6) is -1.06. The molecular weight excluding hydrogens is 433 g/mol. The Morgan fingerprint density at radius 1 is 1.00 bits per heavy atom. The van der Waals surface area contributed by atoms with Crippen LogP contribution in [0.25, 0.3) is 0 Å². The largest absolute Gasteiger partial charge is 0.459 e. The standard InChI is InChI=1S/C23H28FN3O4S/c1-18(28)31-22-17-25(15-19-7-3-2-4-8-19)16-21(22)26-11-13-27(14-12-26)32(29,30)23-10-6-5-9-20(23)24/h2-10,21-22H,11-17H2,1H3/t21-,22-/m1/s1. The van der Waals surface area contributed by atoms with Crippen molar-refractivity contribution in [3.63, 3.8) is 0 Å². The maximum Gasteiger partial charge on any atom is 0.303 e. The van der Waals surface area contributed by atoms with Crippen LogP contribution in [0.4, 0.5) is 4.39 Å².